The predicted molar refractivity (Wildman–Crippen MR) is 44.2 cm³/mol. The van der Waals surface area contributed by atoms with Gasteiger partial charge in [-0.25, -0.2) is 0 Å². The molecule has 0 atom stereocenters. The Labute approximate surface area is 70.0 Å². The van der Waals surface area contributed by atoms with E-state index >= 15 is 0 Å². The van der Waals surface area contributed by atoms with E-state index in [4.69, 9.17) is 4.42 Å². The molecule has 3 heteroatoms. The third-order valence-corrected chi connectivity index (χ3v) is 2.58. The van der Waals surface area contributed by atoms with E-state index < -0.39 is 0 Å². The highest BCUT2D eigenvalue weighted by Gasteiger charge is 2.00. The molecule has 0 aliphatic heterocycles. The van der Waals surface area contributed by atoms with Crippen LogP contribution in [0.5, 0.6) is 0 Å². The molecule has 0 saturated carbocycles. The van der Waals surface area contributed by atoms with Crippen LogP contribution in [-0.4, -0.2) is 0 Å². The maximum atomic E-state index is 5.12. The van der Waals surface area contributed by atoms with Crippen molar-refractivity contribution >= 4 is 37.9 Å². The Morgan fingerprint density at radius 1 is 1.56 bits per heavy atom. The van der Waals surface area contributed by atoms with Crippen molar-refractivity contribution in [1.29, 1.82) is 0 Å². The highest BCUT2D eigenvalue weighted by molar-refractivity contribution is 9.13. The molecule has 0 bridgehead atoms. The van der Waals surface area contributed by atoms with Gasteiger partial charge < -0.3 is 4.42 Å². The first-order chi connectivity index (χ1) is 4.24. The topological polar surface area (TPSA) is 13.1 Å². The van der Waals surface area contributed by atoms with Crippen LogP contribution in [0, 0.1) is 0 Å². The smallest absolute Gasteiger partial charge is 0.184 e. The second-order valence-electron chi connectivity index (χ2n) is 1.47. The minimum absolute atomic E-state index is 0.706. The molecule has 1 aromatic heterocycles. The van der Waals surface area contributed by atoms with E-state index in [9.17, 15) is 0 Å². The lowest BCUT2D eigenvalue weighted by Crippen LogP contribution is -1.52. The summed E-state index contributed by atoms with van der Waals surface area (Å²) in [5.41, 5.74) is 0. The molecule has 0 radical (unpaired) electrons. The Bertz CT molecular complexity index is 207. The van der Waals surface area contributed by atoms with Crippen LogP contribution in [0.15, 0.2) is 26.2 Å². The molecule has 1 heterocycles. The van der Waals surface area contributed by atoms with Crippen LogP contribution < -0.4 is 0 Å². The van der Waals surface area contributed by atoms with Gasteiger partial charge in [0.1, 0.15) is 5.76 Å². The highest BCUT2D eigenvalue weighted by Crippen LogP contribution is 2.26. The molecule has 0 amide bonds. The highest BCUT2D eigenvalue weighted by atomic mass is 79.9. The first kappa shape index (κ1) is 7.09. The van der Waals surface area contributed by atoms with E-state index in [0.29, 0.717) is 4.67 Å². The SMILES string of the molecule is C=Cc1cc(Br)c(Br)o1. The summed E-state index contributed by atoms with van der Waals surface area (Å²) in [6, 6.07) is 1.84. The summed E-state index contributed by atoms with van der Waals surface area (Å²) in [4.78, 5) is 0. The average molecular weight is 252 g/mol. The number of rotatable bonds is 1. The lowest BCUT2D eigenvalue weighted by Gasteiger charge is -1.77. The molecule has 1 rings (SSSR count). The van der Waals surface area contributed by atoms with Crippen LogP contribution in [0.25, 0.3) is 6.08 Å². The normalized spacial score (nSPS) is 9.56. The van der Waals surface area contributed by atoms with E-state index in [1.54, 1.807) is 6.08 Å². The van der Waals surface area contributed by atoms with Gasteiger partial charge in [-0.2, -0.15) is 0 Å². The Morgan fingerprint density at radius 2 is 2.22 bits per heavy atom. The fourth-order valence-corrected chi connectivity index (χ4v) is 1.07. The molecule has 9 heavy (non-hydrogen) atoms. The zero-order chi connectivity index (χ0) is 6.85. The summed E-state index contributed by atoms with van der Waals surface area (Å²) in [7, 11) is 0. The van der Waals surface area contributed by atoms with Crippen LogP contribution in [0.1, 0.15) is 5.76 Å². The third-order valence-electron chi connectivity index (χ3n) is 0.865. The lowest BCUT2D eigenvalue weighted by atomic mass is 10.5. The quantitative estimate of drug-likeness (QED) is 0.745. The van der Waals surface area contributed by atoms with Gasteiger partial charge in [-0.15, -0.1) is 0 Å². The summed E-state index contributed by atoms with van der Waals surface area (Å²) < 4.78 is 6.74. The molecule has 0 fully saturated rings. The van der Waals surface area contributed by atoms with Gasteiger partial charge in [0.05, 0.1) is 4.47 Å². The molecule has 0 spiro atoms. The Kier molecular flexibility index (Phi) is 2.13. The van der Waals surface area contributed by atoms with Crippen LogP contribution in [0.3, 0.4) is 0 Å². The van der Waals surface area contributed by atoms with Gasteiger partial charge in [-0.05, 0) is 44.0 Å². The van der Waals surface area contributed by atoms with Crippen LogP contribution >= 0.6 is 31.9 Å². The van der Waals surface area contributed by atoms with E-state index in [1.807, 2.05) is 6.07 Å². The zero-order valence-electron chi connectivity index (χ0n) is 4.53. The minimum atomic E-state index is 0.706. The summed E-state index contributed by atoms with van der Waals surface area (Å²) in [5.74, 6) is 0.758. The number of hydrogen-bond donors (Lipinski definition) is 0. The van der Waals surface area contributed by atoms with Gasteiger partial charge in [0, 0.05) is 0 Å². The van der Waals surface area contributed by atoms with Crippen LogP contribution in [0.2, 0.25) is 0 Å². The van der Waals surface area contributed by atoms with Gasteiger partial charge >= 0.3 is 0 Å². The minimum Gasteiger partial charge on any atom is -0.449 e. The van der Waals surface area contributed by atoms with Crippen molar-refractivity contribution in [3.63, 3.8) is 0 Å². The Hall–Kier alpha value is -0.0200. The molecule has 0 aliphatic carbocycles. The molecule has 1 nitrogen and oxygen atoms in total. The molecular weight excluding hydrogens is 248 g/mol. The van der Waals surface area contributed by atoms with Crippen molar-refractivity contribution < 1.29 is 4.42 Å². The van der Waals surface area contributed by atoms with Crippen molar-refractivity contribution in [3.8, 4) is 0 Å². The molecule has 0 unspecified atom stereocenters. The van der Waals surface area contributed by atoms with Crippen molar-refractivity contribution in [2.24, 2.45) is 0 Å². The van der Waals surface area contributed by atoms with Crippen LogP contribution in [-0.2, 0) is 0 Å². The molecule has 0 N–H and O–H groups in total. The van der Waals surface area contributed by atoms with Crippen LogP contribution in [0.4, 0.5) is 0 Å². The van der Waals surface area contributed by atoms with Crippen molar-refractivity contribution in [1.82, 2.24) is 0 Å². The number of halogens is 2. The monoisotopic (exact) mass is 250 g/mol. The summed E-state index contributed by atoms with van der Waals surface area (Å²) in [6.07, 6.45) is 1.65. The van der Waals surface area contributed by atoms with Crippen molar-refractivity contribution in [3.05, 3.63) is 27.5 Å². The lowest BCUT2D eigenvalue weighted by molar-refractivity contribution is 0.530. The Balaban J connectivity index is 3.11. The van der Waals surface area contributed by atoms with Gasteiger partial charge in [0.2, 0.25) is 0 Å². The van der Waals surface area contributed by atoms with Gasteiger partial charge in [0.15, 0.2) is 4.67 Å². The molecule has 0 aromatic carbocycles. The average Bonchev–Trinajstić information content (AvgIpc) is 2.13. The largest absolute Gasteiger partial charge is 0.449 e. The van der Waals surface area contributed by atoms with E-state index in [-0.39, 0.29) is 0 Å². The van der Waals surface area contributed by atoms with Crippen molar-refractivity contribution in [2.75, 3.05) is 0 Å². The second kappa shape index (κ2) is 2.71. The summed E-state index contributed by atoms with van der Waals surface area (Å²) in [6.45, 7) is 3.55. The molecule has 48 valence electrons. The number of furan rings is 1. The zero-order valence-corrected chi connectivity index (χ0v) is 7.70. The summed E-state index contributed by atoms with van der Waals surface area (Å²) >= 11 is 6.46. The van der Waals surface area contributed by atoms with Gasteiger partial charge in [-0.1, -0.05) is 6.58 Å². The fourth-order valence-electron chi connectivity index (χ4n) is 0.464. The molecule has 0 aliphatic rings. The maximum Gasteiger partial charge on any atom is 0.184 e. The van der Waals surface area contributed by atoms with Crippen molar-refractivity contribution in [2.45, 2.75) is 0 Å². The first-order valence-corrected chi connectivity index (χ1v) is 3.90. The third kappa shape index (κ3) is 1.46. The Morgan fingerprint density at radius 3 is 2.44 bits per heavy atom. The van der Waals surface area contributed by atoms with Gasteiger partial charge in [-0.3, -0.25) is 0 Å². The van der Waals surface area contributed by atoms with E-state index in [1.165, 1.54) is 0 Å². The first-order valence-electron chi connectivity index (χ1n) is 2.31. The predicted octanol–water partition coefficient (Wildman–Crippen LogP) is 3.45. The molecule has 0 saturated heterocycles. The molecular formula is C6H4Br2O. The van der Waals surface area contributed by atoms with Gasteiger partial charge in [0.25, 0.3) is 0 Å². The standard InChI is InChI=1S/C6H4Br2O/c1-2-4-3-5(7)6(8)9-4/h2-3H,1H2. The molecule has 1 aromatic rings. The maximum absolute atomic E-state index is 5.12. The summed E-state index contributed by atoms with van der Waals surface area (Å²) in [5, 5.41) is 0. The second-order valence-corrected chi connectivity index (χ2v) is 3.05. The fraction of sp³-hybridized carbons (Fsp3) is 0. The van der Waals surface area contributed by atoms with E-state index in [0.717, 1.165) is 10.2 Å². The number of hydrogen-bond acceptors (Lipinski definition) is 1. The van der Waals surface area contributed by atoms with E-state index in [2.05, 4.69) is 38.4 Å².